The standard InChI is InChI=1S/C14H11ClN2OS/c1-7-3-11(18)10(15)4-9(7)13-14-12(16-6-17-13)8(2)5-19-14/h3-6,18H,1-2H3. The number of phenolic OH excluding ortho intramolecular Hbond substituents is 1. The molecular weight excluding hydrogens is 280 g/mol. The van der Waals surface area contributed by atoms with Crippen LogP contribution in [-0.2, 0) is 0 Å². The number of nitrogens with zero attached hydrogens (tertiary/aromatic N) is 2. The van der Waals surface area contributed by atoms with E-state index < -0.39 is 0 Å². The van der Waals surface area contributed by atoms with Crippen molar-refractivity contribution in [1.82, 2.24) is 9.97 Å². The molecule has 1 N–H and O–H groups in total. The van der Waals surface area contributed by atoms with Crippen LogP contribution in [0.3, 0.4) is 0 Å². The molecule has 0 amide bonds. The Morgan fingerprint density at radius 1 is 1.16 bits per heavy atom. The minimum absolute atomic E-state index is 0.0931. The van der Waals surface area contributed by atoms with E-state index in [4.69, 9.17) is 11.6 Å². The van der Waals surface area contributed by atoms with Gasteiger partial charge in [0, 0.05) is 5.56 Å². The van der Waals surface area contributed by atoms with E-state index in [0.717, 1.165) is 32.6 Å². The second-order valence-corrected chi connectivity index (χ2v) is 5.72. The fraction of sp³-hybridized carbons (Fsp3) is 0.143. The molecular formula is C14H11ClN2OS. The lowest BCUT2D eigenvalue weighted by molar-refractivity contribution is 0.475. The number of aromatic hydroxyl groups is 1. The van der Waals surface area contributed by atoms with Crippen molar-refractivity contribution in [1.29, 1.82) is 0 Å². The molecule has 1 aromatic carbocycles. The molecule has 0 saturated heterocycles. The normalized spacial score (nSPS) is 11.1. The SMILES string of the molecule is Cc1cc(O)c(Cl)cc1-c1ncnc2c(C)csc12. The van der Waals surface area contributed by atoms with E-state index in [0.29, 0.717) is 5.02 Å². The molecule has 0 spiro atoms. The number of phenols is 1. The van der Waals surface area contributed by atoms with Gasteiger partial charge >= 0.3 is 0 Å². The lowest BCUT2D eigenvalue weighted by Gasteiger charge is -2.08. The fourth-order valence-electron chi connectivity index (χ4n) is 2.08. The lowest BCUT2D eigenvalue weighted by Crippen LogP contribution is -1.90. The van der Waals surface area contributed by atoms with E-state index in [9.17, 15) is 5.11 Å². The van der Waals surface area contributed by atoms with Crippen molar-refractivity contribution in [3.05, 3.63) is 40.0 Å². The van der Waals surface area contributed by atoms with Crippen LogP contribution in [0.2, 0.25) is 5.02 Å². The predicted octanol–water partition coefficient (Wildman–Crippen LogP) is 4.33. The van der Waals surface area contributed by atoms with E-state index in [2.05, 4.69) is 15.3 Å². The molecule has 2 aromatic heterocycles. The highest BCUT2D eigenvalue weighted by atomic mass is 35.5. The number of hydrogen-bond donors (Lipinski definition) is 1. The van der Waals surface area contributed by atoms with E-state index >= 15 is 0 Å². The van der Waals surface area contributed by atoms with Crippen molar-refractivity contribution >= 4 is 33.2 Å². The zero-order valence-corrected chi connectivity index (χ0v) is 12.0. The molecule has 19 heavy (non-hydrogen) atoms. The molecule has 5 heteroatoms. The van der Waals surface area contributed by atoms with Gasteiger partial charge in [-0.15, -0.1) is 11.3 Å². The number of rotatable bonds is 1. The summed E-state index contributed by atoms with van der Waals surface area (Å²) in [6.45, 7) is 3.96. The van der Waals surface area contributed by atoms with E-state index in [1.165, 1.54) is 0 Å². The fourth-order valence-corrected chi connectivity index (χ4v) is 3.25. The molecule has 3 aromatic rings. The number of fused-ring (bicyclic) bond motifs is 1. The van der Waals surface area contributed by atoms with Crippen molar-refractivity contribution in [3.63, 3.8) is 0 Å². The van der Waals surface area contributed by atoms with Gasteiger partial charge in [0.2, 0.25) is 0 Å². The Kier molecular flexibility index (Phi) is 2.92. The highest BCUT2D eigenvalue weighted by Gasteiger charge is 2.14. The quantitative estimate of drug-likeness (QED) is 0.725. The summed E-state index contributed by atoms with van der Waals surface area (Å²) in [5, 5.41) is 12.0. The molecule has 0 atom stereocenters. The van der Waals surface area contributed by atoms with Crippen molar-refractivity contribution < 1.29 is 5.11 Å². The topological polar surface area (TPSA) is 46.0 Å². The van der Waals surface area contributed by atoms with Gasteiger partial charge in [0.25, 0.3) is 0 Å². The van der Waals surface area contributed by atoms with Crippen LogP contribution in [0.4, 0.5) is 0 Å². The van der Waals surface area contributed by atoms with Gasteiger partial charge in [-0.25, -0.2) is 9.97 Å². The number of hydrogen-bond acceptors (Lipinski definition) is 4. The van der Waals surface area contributed by atoms with Gasteiger partial charge in [-0.05, 0) is 42.5 Å². The maximum atomic E-state index is 9.63. The van der Waals surface area contributed by atoms with Crippen LogP contribution in [0.1, 0.15) is 11.1 Å². The van der Waals surface area contributed by atoms with Crippen molar-refractivity contribution in [2.24, 2.45) is 0 Å². The zero-order chi connectivity index (χ0) is 13.6. The number of halogens is 1. The zero-order valence-electron chi connectivity index (χ0n) is 10.4. The molecule has 0 saturated carbocycles. The molecule has 0 fully saturated rings. The minimum atomic E-state index is 0.0931. The smallest absolute Gasteiger partial charge is 0.134 e. The summed E-state index contributed by atoms with van der Waals surface area (Å²) in [7, 11) is 0. The van der Waals surface area contributed by atoms with E-state index in [1.54, 1.807) is 29.8 Å². The van der Waals surface area contributed by atoms with Crippen molar-refractivity contribution in [3.8, 4) is 17.0 Å². The molecule has 3 rings (SSSR count). The Morgan fingerprint density at radius 3 is 2.74 bits per heavy atom. The first-order chi connectivity index (χ1) is 9.08. The maximum absolute atomic E-state index is 9.63. The van der Waals surface area contributed by atoms with Gasteiger partial charge in [-0.3, -0.25) is 0 Å². The van der Waals surface area contributed by atoms with Crippen LogP contribution in [0, 0.1) is 13.8 Å². The maximum Gasteiger partial charge on any atom is 0.134 e. The summed E-state index contributed by atoms with van der Waals surface area (Å²) in [6, 6.07) is 3.41. The van der Waals surface area contributed by atoms with E-state index in [-0.39, 0.29) is 5.75 Å². The third-order valence-electron chi connectivity index (χ3n) is 3.08. The molecule has 0 bridgehead atoms. The average Bonchev–Trinajstić information content (AvgIpc) is 2.76. The second-order valence-electron chi connectivity index (χ2n) is 4.44. The average molecular weight is 291 g/mol. The summed E-state index contributed by atoms with van der Waals surface area (Å²) in [5.41, 5.74) is 4.84. The van der Waals surface area contributed by atoms with Crippen LogP contribution in [0.15, 0.2) is 23.8 Å². The molecule has 96 valence electrons. The van der Waals surface area contributed by atoms with Gasteiger partial charge in [0.05, 0.1) is 20.9 Å². The van der Waals surface area contributed by atoms with Crippen molar-refractivity contribution in [2.45, 2.75) is 13.8 Å². The number of aryl methyl sites for hydroxylation is 2. The predicted molar refractivity (Wildman–Crippen MR) is 79.0 cm³/mol. The van der Waals surface area contributed by atoms with Crippen LogP contribution in [0.5, 0.6) is 5.75 Å². The summed E-state index contributed by atoms with van der Waals surface area (Å²) in [4.78, 5) is 8.69. The molecule has 2 heterocycles. The Bertz CT molecular complexity index is 782. The summed E-state index contributed by atoms with van der Waals surface area (Å²) in [5.74, 6) is 0.0931. The number of aromatic nitrogens is 2. The molecule has 0 radical (unpaired) electrons. The highest BCUT2D eigenvalue weighted by molar-refractivity contribution is 7.17. The molecule has 0 aliphatic rings. The number of benzene rings is 1. The molecule has 0 aliphatic carbocycles. The molecule has 3 nitrogen and oxygen atoms in total. The summed E-state index contributed by atoms with van der Waals surface area (Å²) < 4.78 is 1.05. The minimum Gasteiger partial charge on any atom is -0.506 e. The largest absolute Gasteiger partial charge is 0.506 e. The molecule has 0 unspecified atom stereocenters. The van der Waals surface area contributed by atoms with Gasteiger partial charge < -0.3 is 5.11 Å². The van der Waals surface area contributed by atoms with Gasteiger partial charge in [-0.1, -0.05) is 11.6 Å². The Labute approximate surface area is 119 Å². The first kappa shape index (κ1) is 12.4. The van der Waals surface area contributed by atoms with Gasteiger partial charge in [-0.2, -0.15) is 0 Å². The molecule has 0 aliphatic heterocycles. The Balaban J connectivity index is 2.33. The third kappa shape index (κ3) is 1.97. The van der Waals surface area contributed by atoms with Crippen LogP contribution < -0.4 is 0 Å². The number of thiophene rings is 1. The van der Waals surface area contributed by atoms with Crippen LogP contribution in [0.25, 0.3) is 21.5 Å². The highest BCUT2D eigenvalue weighted by Crippen LogP contribution is 2.37. The van der Waals surface area contributed by atoms with E-state index in [1.807, 2.05) is 13.8 Å². The third-order valence-corrected chi connectivity index (χ3v) is 4.48. The van der Waals surface area contributed by atoms with Crippen molar-refractivity contribution in [2.75, 3.05) is 0 Å². The van der Waals surface area contributed by atoms with Crippen LogP contribution >= 0.6 is 22.9 Å². The Morgan fingerprint density at radius 2 is 1.95 bits per heavy atom. The first-order valence-electron chi connectivity index (χ1n) is 5.76. The Hall–Kier alpha value is -1.65. The van der Waals surface area contributed by atoms with Crippen LogP contribution in [-0.4, -0.2) is 15.1 Å². The summed E-state index contributed by atoms with van der Waals surface area (Å²) in [6.07, 6.45) is 1.57. The second kappa shape index (κ2) is 4.47. The summed E-state index contributed by atoms with van der Waals surface area (Å²) >= 11 is 7.63. The van der Waals surface area contributed by atoms with Gasteiger partial charge in [0.15, 0.2) is 0 Å². The van der Waals surface area contributed by atoms with Gasteiger partial charge in [0.1, 0.15) is 12.1 Å². The first-order valence-corrected chi connectivity index (χ1v) is 7.02. The lowest BCUT2D eigenvalue weighted by atomic mass is 10.0. The monoisotopic (exact) mass is 290 g/mol.